The van der Waals surface area contributed by atoms with Gasteiger partial charge in [0.2, 0.25) is 0 Å². The largest absolute Gasteiger partial charge is 0.198 e. The van der Waals surface area contributed by atoms with Crippen LogP contribution >= 0.6 is 0 Å². The van der Waals surface area contributed by atoms with Crippen molar-refractivity contribution in [2.45, 2.75) is 104 Å². The zero-order valence-corrected chi connectivity index (χ0v) is 29.2. The van der Waals surface area contributed by atoms with Crippen LogP contribution in [-0.4, -0.2) is 0 Å². The van der Waals surface area contributed by atoms with Crippen LogP contribution in [0.15, 0.2) is 97.1 Å². The first kappa shape index (κ1) is 34.9. The van der Waals surface area contributed by atoms with Crippen LogP contribution in [0, 0.1) is 34.5 Å². The van der Waals surface area contributed by atoms with Crippen molar-refractivity contribution in [2.24, 2.45) is 11.8 Å². The van der Waals surface area contributed by atoms with Gasteiger partial charge < -0.3 is 0 Å². The molecule has 0 spiro atoms. The van der Waals surface area contributed by atoms with Crippen molar-refractivity contribution in [1.82, 2.24) is 0 Å². The van der Waals surface area contributed by atoms with Crippen LogP contribution in [0.5, 0.6) is 0 Å². The molecule has 0 heterocycles. The summed E-state index contributed by atoms with van der Waals surface area (Å²) in [6.45, 7) is 4.44. The number of rotatable bonds is 18. The molecule has 2 heteroatoms. The maximum absolute atomic E-state index is 9.79. The van der Waals surface area contributed by atoms with E-state index in [1.165, 1.54) is 80.6 Å². The molecule has 0 amide bonds. The standard InChI is InChI=1S/C46H52N2/c1-3-5-7-19-35(33-47)21-17-25-37-23-9-11-27-39(37)45-41-29-13-15-31-43(41)46(44-32-16-14-30-42(44)45)40-28-12-10-24-38(40)26-18-22-36(34-48)20-8-6-4-2/h9-16,23-24,27-32,35-36H,3-8,17-22,25-26H2,1-2H3. The van der Waals surface area contributed by atoms with Crippen molar-refractivity contribution in [3.8, 4) is 34.4 Å². The molecule has 2 atom stereocenters. The highest BCUT2D eigenvalue weighted by Gasteiger charge is 2.20. The number of aryl methyl sites for hydroxylation is 2. The maximum atomic E-state index is 9.79. The summed E-state index contributed by atoms with van der Waals surface area (Å²) in [5, 5.41) is 24.7. The van der Waals surface area contributed by atoms with Gasteiger partial charge in [-0.1, -0.05) is 149 Å². The topological polar surface area (TPSA) is 47.6 Å². The molecule has 0 aliphatic heterocycles. The Kier molecular flexibility index (Phi) is 13.3. The highest BCUT2D eigenvalue weighted by molar-refractivity contribution is 6.21. The van der Waals surface area contributed by atoms with Crippen LogP contribution in [0.4, 0.5) is 0 Å². The van der Waals surface area contributed by atoms with Crippen LogP contribution in [0.1, 0.15) is 102 Å². The Morgan fingerprint density at radius 2 is 0.771 bits per heavy atom. The SMILES string of the molecule is CCCCCC(C#N)CCCc1ccccc1-c1c2ccccc2c(-c2ccccc2CCCC(C#N)CCCCC)c2ccccc12. The molecule has 0 saturated carbocycles. The van der Waals surface area contributed by atoms with E-state index in [4.69, 9.17) is 0 Å². The second-order valence-electron chi connectivity index (χ2n) is 13.6. The molecule has 0 saturated heterocycles. The Labute approximate surface area is 289 Å². The lowest BCUT2D eigenvalue weighted by atomic mass is 9.82. The third-order valence-electron chi connectivity index (χ3n) is 10.2. The molecular formula is C46H52N2. The van der Waals surface area contributed by atoms with Crippen molar-refractivity contribution >= 4 is 21.5 Å². The van der Waals surface area contributed by atoms with Crippen LogP contribution in [0.25, 0.3) is 43.8 Å². The molecule has 0 fully saturated rings. The van der Waals surface area contributed by atoms with Gasteiger partial charge in [-0.3, -0.25) is 0 Å². The minimum atomic E-state index is 0.150. The lowest BCUT2D eigenvalue weighted by Crippen LogP contribution is -2.01. The average molecular weight is 633 g/mol. The Morgan fingerprint density at radius 1 is 0.438 bits per heavy atom. The number of benzene rings is 5. The average Bonchev–Trinajstić information content (AvgIpc) is 3.13. The van der Waals surface area contributed by atoms with Gasteiger partial charge in [0.1, 0.15) is 0 Å². The number of unbranched alkanes of at least 4 members (excludes halogenated alkanes) is 4. The van der Waals surface area contributed by atoms with E-state index in [-0.39, 0.29) is 11.8 Å². The molecule has 2 unspecified atom stereocenters. The highest BCUT2D eigenvalue weighted by atomic mass is 14.3. The summed E-state index contributed by atoms with van der Waals surface area (Å²) in [5.41, 5.74) is 7.93. The van der Waals surface area contributed by atoms with Gasteiger partial charge in [-0.2, -0.15) is 10.5 Å². The van der Waals surface area contributed by atoms with Gasteiger partial charge in [0.25, 0.3) is 0 Å². The van der Waals surface area contributed by atoms with Crippen LogP contribution in [0.2, 0.25) is 0 Å². The number of nitrogens with zero attached hydrogens (tertiary/aromatic N) is 2. The Morgan fingerprint density at radius 3 is 1.12 bits per heavy atom. The number of nitriles is 2. The molecule has 5 aromatic rings. The van der Waals surface area contributed by atoms with Gasteiger partial charge in [-0.25, -0.2) is 0 Å². The smallest absolute Gasteiger partial charge is 0.0655 e. The third-order valence-corrected chi connectivity index (χ3v) is 10.2. The van der Waals surface area contributed by atoms with Crippen molar-refractivity contribution in [2.75, 3.05) is 0 Å². The van der Waals surface area contributed by atoms with E-state index in [1.807, 2.05) is 0 Å². The summed E-state index contributed by atoms with van der Waals surface area (Å²) in [4.78, 5) is 0. The zero-order chi connectivity index (χ0) is 33.6. The molecule has 246 valence electrons. The van der Waals surface area contributed by atoms with Crippen molar-refractivity contribution in [1.29, 1.82) is 10.5 Å². The molecule has 0 aliphatic carbocycles. The van der Waals surface area contributed by atoms with E-state index in [0.29, 0.717) is 0 Å². The van der Waals surface area contributed by atoms with Gasteiger partial charge in [-0.15, -0.1) is 0 Å². The molecule has 5 rings (SSSR count). The van der Waals surface area contributed by atoms with E-state index in [1.54, 1.807) is 0 Å². The van der Waals surface area contributed by atoms with Gasteiger partial charge in [0.15, 0.2) is 0 Å². The molecule has 0 bridgehead atoms. The van der Waals surface area contributed by atoms with Crippen LogP contribution in [-0.2, 0) is 12.8 Å². The number of hydrogen-bond acceptors (Lipinski definition) is 2. The number of fused-ring (bicyclic) bond motifs is 2. The van der Waals surface area contributed by atoms with Gasteiger partial charge in [-0.05, 0) is 106 Å². The summed E-state index contributed by atoms with van der Waals surface area (Å²) < 4.78 is 0. The Balaban J connectivity index is 1.51. The van der Waals surface area contributed by atoms with E-state index < -0.39 is 0 Å². The molecule has 2 nitrogen and oxygen atoms in total. The lowest BCUT2D eigenvalue weighted by molar-refractivity contribution is 0.501. The van der Waals surface area contributed by atoms with Gasteiger partial charge >= 0.3 is 0 Å². The summed E-state index contributed by atoms with van der Waals surface area (Å²) >= 11 is 0. The van der Waals surface area contributed by atoms with Crippen LogP contribution in [0.3, 0.4) is 0 Å². The Bertz CT molecular complexity index is 1660. The molecular weight excluding hydrogens is 581 g/mol. The fourth-order valence-electron chi connectivity index (χ4n) is 7.58. The fraction of sp³-hybridized carbons (Fsp3) is 0.391. The summed E-state index contributed by atoms with van der Waals surface area (Å²) in [5.74, 6) is 0.299. The Hall–Kier alpha value is -4.40. The first-order valence-corrected chi connectivity index (χ1v) is 18.6. The monoisotopic (exact) mass is 632 g/mol. The minimum absolute atomic E-state index is 0.150. The fourth-order valence-corrected chi connectivity index (χ4v) is 7.58. The normalized spacial score (nSPS) is 12.5. The minimum Gasteiger partial charge on any atom is -0.198 e. The zero-order valence-electron chi connectivity index (χ0n) is 29.2. The van der Waals surface area contributed by atoms with Gasteiger partial charge in [0, 0.05) is 11.8 Å². The van der Waals surface area contributed by atoms with E-state index >= 15 is 0 Å². The van der Waals surface area contributed by atoms with E-state index in [9.17, 15) is 10.5 Å². The van der Waals surface area contributed by atoms with Crippen LogP contribution < -0.4 is 0 Å². The van der Waals surface area contributed by atoms with Crippen molar-refractivity contribution in [3.63, 3.8) is 0 Å². The van der Waals surface area contributed by atoms with E-state index in [0.717, 1.165) is 64.2 Å². The quantitative estimate of drug-likeness (QED) is 0.0713. The predicted molar refractivity (Wildman–Crippen MR) is 205 cm³/mol. The second-order valence-corrected chi connectivity index (χ2v) is 13.6. The maximum Gasteiger partial charge on any atom is 0.0655 e. The third kappa shape index (κ3) is 8.54. The van der Waals surface area contributed by atoms with Crippen molar-refractivity contribution < 1.29 is 0 Å². The highest BCUT2D eigenvalue weighted by Crippen LogP contribution is 2.45. The second kappa shape index (κ2) is 18.2. The molecule has 5 aromatic carbocycles. The van der Waals surface area contributed by atoms with Gasteiger partial charge in [0.05, 0.1) is 12.1 Å². The first-order valence-electron chi connectivity index (χ1n) is 18.6. The first-order chi connectivity index (χ1) is 23.7. The summed E-state index contributed by atoms with van der Waals surface area (Å²) in [7, 11) is 0. The summed E-state index contributed by atoms with van der Waals surface area (Å²) in [6, 6.07) is 40.9. The molecule has 48 heavy (non-hydrogen) atoms. The predicted octanol–water partition coefficient (Wildman–Crippen LogP) is 13.4. The molecule has 0 N–H and O–H groups in total. The number of hydrogen-bond donors (Lipinski definition) is 0. The summed E-state index contributed by atoms with van der Waals surface area (Å²) in [6.07, 6.45) is 15.0. The van der Waals surface area contributed by atoms with Crippen molar-refractivity contribution in [3.05, 3.63) is 108 Å². The molecule has 0 aromatic heterocycles. The lowest BCUT2D eigenvalue weighted by Gasteiger charge is -2.21. The van der Waals surface area contributed by atoms with E-state index in [2.05, 4.69) is 123 Å². The molecule has 0 aliphatic rings. The molecule has 0 radical (unpaired) electrons.